The topological polar surface area (TPSA) is 104 Å². The van der Waals surface area contributed by atoms with Crippen LogP contribution in [0.25, 0.3) is 0 Å². The molecule has 0 aliphatic carbocycles. The van der Waals surface area contributed by atoms with E-state index in [1.165, 1.54) is 24.3 Å². The first-order valence-corrected chi connectivity index (χ1v) is 10.2. The average molecular weight is 432 g/mol. The quantitative estimate of drug-likeness (QED) is 0.528. The van der Waals surface area contributed by atoms with E-state index in [1.807, 2.05) is 13.8 Å². The molecule has 9 heteroatoms. The third-order valence-electron chi connectivity index (χ3n) is 4.81. The molecule has 0 radical (unpaired) electrons. The summed E-state index contributed by atoms with van der Waals surface area (Å²) in [6.45, 7) is 9.79. The van der Waals surface area contributed by atoms with Crippen LogP contribution in [0, 0.1) is 11.7 Å². The number of rotatable bonds is 9. The summed E-state index contributed by atoms with van der Waals surface area (Å²) in [7, 11) is 0. The summed E-state index contributed by atoms with van der Waals surface area (Å²) < 4.78 is 19.4. The molecular formula is C22H29FN4O4. The second-order valence-electron chi connectivity index (χ2n) is 7.35. The van der Waals surface area contributed by atoms with Crippen molar-refractivity contribution in [3.63, 3.8) is 0 Å². The summed E-state index contributed by atoms with van der Waals surface area (Å²) in [5, 5.41) is 2.50. The predicted molar refractivity (Wildman–Crippen MR) is 113 cm³/mol. The number of hydrogen-bond acceptors (Lipinski definition) is 5. The molecule has 2 aromatic rings. The highest BCUT2D eigenvalue weighted by Gasteiger charge is 2.26. The summed E-state index contributed by atoms with van der Waals surface area (Å²) in [6, 6.07) is 7.74. The fourth-order valence-corrected chi connectivity index (χ4v) is 2.91. The standard InChI is InChI=1S/C22H29FN4O4/c1-5-27(6-2)13-15-11-12-18(31-15)21(29)25-26-22(30)19(14(3)4)24-20(28)16-9-7-8-10-17(16)23/h7-12,14,19H,5-6,13H2,1-4H3,(H,24,28)(H,25,29)(H,26,30). The zero-order valence-corrected chi connectivity index (χ0v) is 18.2. The zero-order chi connectivity index (χ0) is 23.0. The molecule has 0 saturated heterocycles. The fourth-order valence-electron chi connectivity index (χ4n) is 2.91. The summed E-state index contributed by atoms with van der Waals surface area (Å²) in [4.78, 5) is 39.3. The van der Waals surface area contributed by atoms with Crippen molar-refractivity contribution >= 4 is 17.7 Å². The number of furan rings is 1. The van der Waals surface area contributed by atoms with Gasteiger partial charge in [-0.3, -0.25) is 30.1 Å². The first kappa shape index (κ1) is 24.1. The number of carbonyl (C=O) groups is 3. The molecule has 8 nitrogen and oxygen atoms in total. The SMILES string of the molecule is CCN(CC)Cc1ccc(C(=O)NNC(=O)C(NC(=O)c2ccccc2F)C(C)C)o1. The van der Waals surface area contributed by atoms with Crippen molar-refractivity contribution in [2.45, 2.75) is 40.3 Å². The monoisotopic (exact) mass is 432 g/mol. The number of nitrogens with one attached hydrogen (secondary N) is 3. The Bertz CT molecular complexity index is 908. The molecule has 1 aromatic carbocycles. The van der Waals surface area contributed by atoms with E-state index in [1.54, 1.807) is 19.9 Å². The molecule has 2 rings (SSSR count). The van der Waals surface area contributed by atoms with E-state index in [2.05, 4.69) is 21.1 Å². The van der Waals surface area contributed by atoms with Crippen molar-refractivity contribution in [1.82, 2.24) is 21.1 Å². The van der Waals surface area contributed by atoms with Gasteiger partial charge in [-0.25, -0.2) is 4.39 Å². The molecular weight excluding hydrogens is 403 g/mol. The maximum Gasteiger partial charge on any atom is 0.305 e. The minimum absolute atomic E-state index is 0.0546. The fraction of sp³-hybridized carbons (Fsp3) is 0.409. The Balaban J connectivity index is 1.96. The van der Waals surface area contributed by atoms with Crippen LogP contribution in [0.2, 0.25) is 0 Å². The third kappa shape index (κ3) is 6.65. The van der Waals surface area contributed by atoms with E-state index in [9.17, 15) is 18.8 Å². The summed E-state index contributed by atoms with van der Waals surface area (Å²) in [5.74, 6) is -2.28. The van der Waals surface area contributed by atoms with Crippen molar-refractivity contribution in [3.05, 3.63) is 59.3 Å². The summed E-state index contributed by atoms with van der Waals surface area (Å²) >= 11 is 0. The largest absolute Gasteiger partial charge is 0.454 e. The first-order valence-electron chi connectivity index (χ1n) is 10.2. The van der Waals surface area contributed by atoms with Gasteiger partial charge < -0.3 is 9.73 Å². The van der Waals surface area contributed by atoms with Gasteiger partial charge in [0.1, 0.15) is 17.6 Å². The lowest BCUT2D eigenvalue weighted by atomic mass is 10.0. The van der Waals surface area contributed by atoms with Crippen LogP contribution in [0.1, 0.15) is 54.4 Å². The van der Waals surface area contributed by atoms with E-state index in [0.29, 0.717) is 12.3 Å². The van der Waals surface area contributed by atoms with E-state index < -0.39 is 29.6 Å². The van der Waals surface area contributed by atoms with Gasteiger partial charge in [-0.1, -0.05) is 39.8 Å². The van der Waals surface area contributed by atoms with Crippen molar-refractivity contribution in [2.24, 2.45) is 5.92 Å². The van der Waals surface area contributed by atoms with Crippen LogP contribution in [-0.2, 0) is 11.3 Å². The van der Waals surface area contributed by atoms with E-state index in [-0.39, 0.29) is 17.2 Å². The van der Waals surface area contributed by atoms with Crippen LogP contribution in [0.3, 0.4) is 0 Å². The minimum Gasteiger partial charge on any atom is -0.454 e. The molecule has 31 heavy (non-hydrogen) atoms. The molecule has 3 N–H and O–H groups in total. The molecule has 0 aliphatic heterocycles. The second-order valence-corrected chi connectivity index (χ2v) is 7.35. The molecule has 1 unspecified atom stereocenters. The van der Waals surface area contributed by atoms with Crippen LogP contribution in [0.15, 0.2) is 40.8 Å². The molecule has 0 spiro atoms. The number of nitrogens with zero attached hydrogens (tertiary/aromatic N) is 1. The lowest BCUT2D eigenvalue weighted by Crippen LogP contribution is -2.54. The highest BCUT2D eigenvalue weighted by atomic mass is 19.1. The van der Waals surface area contributed by atoms with Gasteiger partial charge in [-0.05, 0) is 43.3 Å². The van der Waals surface area contributed by atoms with Gasteiger partial charge >= 0.3 is 5.91 Å². The van der Waals surface area contributed by atoms with Crippen molar-refractivity contribution in [3.8, 4) is 0 Å². The molecule has 1 atom stereocenters. The normalized spacial score (nSPS) is 12.0. The van der Waals surface area contributed by atoms with Gasteiger partial charge in [0.05, 0.1) is 12.1 Å². The number of hydrogen-bond donors (Lipinski definition) is 3. The van der Waals surface area contributed by atoms with E-state index in [0.717, 1.165) is 19.2 Å². The Labute approximate surface area is 181 Å². The van der Waals surface area contributed by atoms with Crippen LogP contribution >= 0.6 is 0 Å². The molecule has 1 heterocycles. The molecule has 0 bridgehead atoms. The van der Waals surface area contributed by atoms with Crippen molar-refractivity contribution < 1.29 is 23.2 Å². The van der Waals surface area contributed by atoms with Crippen LogP contribution in [-0.4, -0.2) is 41.8 Å². The third-order valence-corrected chi connectivity index (χ3v) is 4.81. The Morgan fingerprint density at radius 1 is 1.00 bits per heavy atom. The van der Waals surface area contributed by atoms with Gasteiger partial charge in [0.15, 0.2) is 5.76 Å². The van der Waals surface area contributed by atoms with Crippen LogP contribution in [0.4, 0.5) is 4.39 Å². The van der Waals surface area contributed by atoms with Gasteiger partial charge in [-0.15, -0.1) is 0 Å². The van der Waals surface area contributed by atoms with Crippen LogP contribution in [0.5, 0.6) is 0 Å². The van der Waals surface area contributed by atoms with Gasteiger partial charge in [0.2, 0.25) is 0 Å². The minimum atomic E-state index is -0.984. The molecule has 0 saturated carbocycles. The molecule has 0 fully saturated rings. The van der Waals surface area contributed by atoms with E-state index in [4.69, 9.17) is 4.42 Å². The van der Waals surface area contributed by atoms with Crippen molar-refractivity contribution in [1.29, 1.82) is 0 Å². The predicted octanol–water partition coefficient (Wildman–Crippen LogP) is 2.48. The maximum absolute atomic E-state index is 13.8. The molecule has 0 aliphatic rings. The number of amides is 3. The molecule has 1 aromatic heterocycles. The van der Waals surface area contributed by atoms with Crippen molar-refractivity contribution in [2.75, 3.05) is 13.1 Å². The maximum atomic E-state index is 13.8. The zero-order valence-electron chi connectivity index (χ0n) is 18.2. The summed E-state index contributed by atoms with van der Waals surface area (Å²) in [6.07, 6.45) is 0. The smallest absolute Gasteiger partial charge is 0.305 e. The molecule has 168 valence electrons. The number of hydrazine groups is 1. The lowest BCUT2D eigenvalue weighted by molar-refractivity contribution is -0.124. The number of carbonyl (C=O) groups excluding carboxylic acids is 3. The Hall–Kier alpha value is -3.20. The van der Waals surface area contributed by atoms with Gasteiger partial charge in [0, 0.05) is 0 Å². The Morgan fingerprint density at radius 2 is 1.68 bits per heavy atom. The van der Waals surface area contributed by atoms with Crippen LogP contribution < -0.4 is 16.2 Å². The Morgan fingerprint density at radius 3 is 2.29 bits per heavy atom. The second kappa shape index (κ2) is 11.3. The lowest BCUT2D eigenvalue weighted by Gasteiger charge is -2.21. The summed E-state index contributed by atoms with van der Waals surface area (Å²) in [5.41, 5.74) is 4.41. The highest BCUT2D eigenvalue weighted by Crippen LogP contribution is 2.11. The van der Waals surface area contributed by atoms with Gasteiger partial charge in [-0.2, -0.15) is 0 Å². The first-order chi connectivity index (χ1) is 14.8. The molecule has 3 amide bonds. The number of halogens is 1. The van der Waals surface area contributed by atoms with Gasteiger partial charge in [0.25, 0.3) is 11.8 Å². The highest BCUT2D eigenvalue weighted by molar-refractivity contribution is 5.98. The number of benzene rings is 1. The van der Waals surface area contributed by atoms with E-state index >= 15 is 0 Å². The average Bonchev–Trinajstić information content (AvgIpc) is 3.22. The Kier molecular flexibility index (Phi) is 8.75.